The number of carbonyl (C=O) groups excluding carboxylic acids is 1. The molecule has 1 aliphatic rings. The highest BCUT2D eigenvalue weighted by atomic mass is 16.5. The molecular weight excluding hydrogens is 188 g/mol. The Balaban J connectivity index is 2.56. The zero-order valence-electron chi connectivity index (χ0n) is 10.3. The molecule has 0 amide bonds. The van der Waals surface area contributed by atoms with Gasteiger partial charge in [-0.2, -0.15) is 0 Å². The maximum absolute atomic E-state index is 11.0. The molecule has 0 N–H and O–H groups in total. The standard InChI is InChI=1S/C13H22O2/c1-9-6-12(8-13(4,5)7-9)15-11(3)10(2)14/h9,12H,3,6-8H2,1-2,4-5H3/t9-,12+/m1/s1. The van der Waals surface area contributed by atoms with Crippen LogP contribution in [0.4, 0.5) is 0 Å². The van der Waals surface area contributed by atoms with Crippen LogP contribution in [0.25, 0.3) is 0 Å². The lowest BCUT2D eigenvalue weighted by atomic mass is 9.71. The second-order valence-corrected chi connectivity index (χ2v) is 5.63. The fraction of sp³-hybridized carbons (Fsp3) is 0.769. The molecule has 0 heterocycles. The Morgan fingerprint density at radius 2 is 2.00 bits per heavy atom. The lowest BCUT2D eigenvalue weighted by molar-refractivity contribution is -0.119. The van der Waals surface area contributed by atoms with E-state index >= 15 is 0 Å². The monoisotopic (exact) mass is 210 g/mol. The van der Waals surface area contributed by atoms with Gasteiger partial charge in [0, 0.05) is 6.92 Å². The number of carbonyl (C=O) groups is 1. The third-order valence-electron chi connectivity index (χ3n) is 3.05. The van der Waals surface area contributed by atoms with Crippen LogP contribution in [0.1, 0.15) is 47.0 Å². The average molecular weight is 210 g/mol. The summed E-state index contributed by atoms with van der Waals surface area (Å²) in [5, 5.41) is 0. The van der Waals surface area contributed by atoms with E-state index in [0.29, 0.717) is 17.1 Å². The molecule has 0 unspecified atom stereocenters. The molecule has 1 aliphatic carbocycles. The molecule has 1 rings (SSSR count). The lowest BCUT2D eigenvalue weighted by Gasteiger charge is -2.38. The summed E-state index contributed by atoms with van der Waals surface area (Å²) in [6.45, 7) is 11.9. The number of ether oxygens (including phenoxy) is 1. The van der Waals surface area contributed by atoms with Crippen LogP contribution in [0, 0.1) is 11.3 Å². The van der Waals surface area contributed by atoms with Gasteiger partial charge in [-0.3, -0.25) is 4.79 Å². The number of Topliss-reactive ketones (excluding diaryl/α,β-unsaturated/α-hetero) is 1. The van der Waals surface area contributed by atoms with Gasteiger partial charge in [0.05, 0.1) is 6.10 Å². The van der Waals surface area contributed by atoms with Crippen LogP contribution in [-0.4, -0.2) is 11.9 Å². The fourth-order valence-corrected chi connectivity index (χ4v) is 2.63. The van der Waals surface area contributed by atoms with Crippen molar-refractivity contribution in [3.05, 3.63) is 12.3 Å². The van der Waals surface area contributed by atoms with Gasteiger partial charge in [-0.25, -0.2) is 0 Å². The van der Waals surface area contributed by atoms with E-state index in [0.717, 1.165) is 12.8 Å². The lowest BCUT2D eigenvalue weighted by Crippen LogP contribution is -2.32. The van der Waals surface area contributed by atoms with Gasteiger partial charge in [0.2, 0.25) is 0 Å². The molecule has 0 aromatic carbocycles. The normalized spacial score (nSPS) is 29.6. The zero-order chi connectivity index (χ0) is 11.6. The molecule has 15 heavy (non-hydrogen) atoms. The van der Waals surface area contributed by atoms with Crippen molar-refractivity contribution in [1.29, 1.82) is 0 Å². The first kappa shape index (κ1) is 12.3. The minimum atomic E-state index is -0.0639. The first-order valence-electron chi connectivity index (χ1n) is 5.66. The predicted molar refractivity (Wildman–Crippen MR) is 61.5 cm³/mol. The fourth-order valence-electron chi connectivity index (χ4n) is 2.63. The van der Waals surface area contributed by atoms with Gasteiger partial charge in [-0.15, -0.1) is 0 Å². The Hall–Kier alpha value is -0.790. The smallest absolute Gasteiger partial charge is 0.193 e. The predicted octanol–water partition coefficient (Wildman–Crippen LogP) is 3.32. The van der Waals surface area contributed by atoms with Gasteiger partial charge in [0.25, 0.3) is 0 Å². The van der Waals surface area contributed by atoms with Crippen LogP contribution in [0.3, 0.4) is 0 Å². The summed E-state index contributed by atoms with van der Waals surface area (Å²) >= 11 is 0. The minimum Gasteiger partial charge on any atom is -0.487 e. The van der Waals surface area contributed by atoms with Crippen LogP contribution in [0.15, 0.2) is 12.3 Å². The summed E-state index contributed by atoms with van der Waals surface area (Å²) in [5.74, 6) is 0.912. The molecule has 2 nitrogen and oxygen atoms in total. The molecule has 2 heteroatoms. The summed E-state index contributed by atoms with van der Waals surface area (Å²) < 4.78 is 5.61. The van der Waals surface area contributed by atoms with E-state index in [1.807, 2.05) is 0 Å². The van der Waals surface area contributed by atoms with E-state index < -0.39 is 0 Å². The molecule has 0 radical (unpaired) electrons. The van der Waals surface area contributed by atoms with Crippen molar-refractivity contribution in [1.82, 2.24) is 0 Å². The summed E-state index contributed by atoms with van der Waals surface area (Å²) in [4.78, 5) is 11.0. The van der Waals surface area contributed by atoms with Crippen molar-refractivity contribution in [2.45, 2.75) is 53.1 Å². The quantitative estimate of drug-likeness (QED) is 0.527. The zero-order valence-corrected chi connectivity index (χ0v) is 10.3. The summed E-state index contributed by atoms with van der Waals surface area (Å²) in [5.41, 5.74) is 0.319. The van der Waals surface area contributed by atoms with Gasteiger partial charge in [0.1, 0.15) is 0 Å². The molecule has 0 aromatic rings. The highest BCUT2D eigenvalue weighted by molar-refractivity contribution is 5.90. The molecule has 0 bridgehead atoms. The second-order valence-electron chi connectivity index (χ2n) is 5.63. The van der Waals surface area contributed by atoms with E-state index in [4.69, 9.17) is 4.74 Å². The molecule has 0 aromatic heterocycles. The molecule has 0 spiro atoms. The Kier molecular flexibility index (Phi) is 3.58. The van der Waals surface area contributed by atoms with Crippen LogP contribution >= 0.6 is 0 Å². The van der Waals surface area contributed by atoms with Crippen molar-refractivity contribution in [3.63, 3.8) is 0 Å². The number of hydrogen-bond acceptors (Lipinski definition) is 2. The van der Waals surface area contributed by atoms with Crippen LogP contribution in [-0.2, 0) is 9.53 Å². The van der Waals surface area contributed by atoms with E-state index in [2.05, 4.69) is 27.4 Å². The highest BCUT2D eigenvalue weighted by Crippen LogP contribution is 2.40. The topological polar surface area (TPSA) is 26.3 Å². The number of allylic oxidation sites excluding steroid dienone is 1. The minimum absolute atomic E-state index is 0.0639. The Morgan fingerprint density at radius 3 is 2.47 bits per heavy atom. The molecule has 0 saturated heterocycles. The SMILES string of the molecule is C=C(O[C@H]1C[C@@H](C)CC(C)(C)C1)C(C)=O. The van der Waals surface area contributed by atoms with E-state index in [1.54, 1.807) is 0 Å². The van der Waals surface area contributed by atoms with Crippen molar-refractivity contribution in [3.8, 4) is 0 Å². The molecule has 86 valence electrons. The van der Waals surface area contributed by atoms with Gasteiger partial charge in [0.15, 0.2) is 11.5 Å². The summed E-state index contributed by atoms with van der Waals surface area (Å²) in [6.07, 6.45) is 3.46. The number of ketones is 1. The van der Waals surface area contributed by atoms with Crippen LogP contribution < -0.4 is 0 Å². The first-order chi connectivity index (χ1) is 6.80. The third-order valence-corrected chi connectivity index (χ3v) is 3.05. The maximum Gasteiger partial charge on any atom is 0.193 e. The molecule has 2 atom stereocenters. The van der Waals surface area contributed by atoms with Crippen molar-refractivity contribution < 1.29 is 9.53 Å². The number of rotatable bonds is 3. The van der Waals surface area contributed by atoms with Gasteiger partial charge in [-0.1, -0.05) is 27.4 Å². The van der Waals surface area contributed by atoms with E-state index in [-0.39, 0.29) is 11.9 Å². The average Bonchev–Trinajstić information content (AvgIpc) is 1.99. The first-order valence-corrected chi connectivity index (χ1v) is 5.66. The van der Waals surface area contributed by atoms with Crippen molar-refractivity contribution in [2.75, 3.05) is 0 Å². The summed E-state index contributed by atoms with van der Waals surface area (Å²) in [6, 6.07) is 0. The Bertz CT molecular complexity index is 266. The van der Waals surface area contributed by atoms with E-state index in [1.165, 1.54) is 13.3 Å². The molecular formula is C13H22O2. The van der Waals surface area contributed by atoms with Crippen molar-refractivity contribution in [2.24, 2.45) is 11.3 Å². The third kappa shape index (κ3) is 3.69. The molecule has 0 aliphatic heterocycles. The van der Waals surface area contributed by atoms with E-state index in [9.17, 15) is 4.79 Å². The number of hydrogen-bond donors (Lipinski definition) is 0. The largest absolute Gasteiger partial charge is 0.487 e. The Labute approximate surface area is 92.7 Å². The summed E-state index contributed by atoms with van der Waals surface area (Å²) in [7, 11) is 0. The van der Waals surface area contributed by atoms with Gasteiger partial charge >= 0.3 is 0 Å². The highest BCUT2D eigenvalue weighted by Gasteiger charge is 2.33. The van der Waals surface area contributed by atoms with Crippen LogP contribution in [0.5, 0.6) is 0 Å². The van der Waals surface area contributed by atoms with Crippen molar-refractivity contribution >= 4 is 5.78 Å². The molecule has 1 saturated carbocycles. The van der Waals surface area contributed by atoms with Crippen LogP contribution in [0.2, 0.25) is 0 Å². The second kappa shape index (κ2) is 4.38. The Morgan fingerprint density at radius 1 is 1.40 bits per heavy atom. The molecule has 1 fully saturated rings. The van der Waals surface area contributed by atoms with Gasteiger partial charge < -0.3 is 4.74 Å². The van der Waals surface area contributed by atoms with Gasteiger partial charge in [-0.05, 0) is 30.6 Å². The maximum atomic E-state index is 11.0.